The summed E-state index contributed by atoms with van der Waals surface area (Å²) in [6.07, 6.45) is -0.259. The second-order valence-electron chi connectivity index (χ2n) is 4.08. The number of amides is 1. The SMILES string of the molecule is CC(O)CNC(=O)CCC(=O)c1ccc(Br)cc1. The number of halogens is 1. The molecule has 5 heteroatoms. The summed E-state index contributed by atoms with van der Waals surface area (Å²) in [7, 11) is 0. The van der Waals surface area contributed by atoms with Crippen LogP contribution in [0.1, 0.15) is 30.1 Å². The van der Waals surface area contributed by atoms with E-state index in [0.717, 1.165) is 4.47 Å². The second-order valence-corrected chi connectivity index (χ2v) is 5.00. The third kappa shape index (κ3) is 5.42. The van der Waals surface area contributed by atoms with Crippen LogP contribution in [-0.4, -0.2) is 29.4 Å². The molecule has 1 atom stereocenters. The Bertz CT molecular complexity index is 415. The molecule has 0 bridgehead atoms. The first-order valence-electron chi connectivity index (χ1n) is 5.72. The van der Waals surface area contributed by atoms with Gasteiger partial charge in [-0.15, -0.1) is 0 Å². The quantitative estimate of drug-likeness (QED) is 0.788. The first-order valence-corrected chi connectivity index (χ1v) is 6.52. The normalized spacial score (nSPS) is 11.9. The van der Waals surface area contributed by atoms with Gasteiger partial charge in [-0.1, -0.05) is 28.1 Å². The third-order valence-corrected chi connectivity index (χ3v) is 2.87. The van der Waals surface area contributed by atoms with E-state index in [9.17, 15) is 9.59 Å². The second kappa shape index (κ2) is 7.28. The largest absolute Gasteiger partial charge is 0.392 e. The predicted molar refractivity (Wildman–Crippen MR) is 72.4 cm³/mol. The smallest absolute Gasteiger partial charge is 0.220 e. The molecule has 0 aromatic heterocycles. The number of carbonyl (C=O) groups is 2. The van der Waals surface area contributed by atoms with Crippen molar-refractivity contribution in [2.24, 2.45) is 0 Å². The van der Waals surface area contributed by atoms with Crippen LogP contribution in [0.5, 0.6) is 0 Å². The highest BCUT2D eigenvalue weighted by Gasteiger charge is 2.09. The fourth-order valence-electron chi connectivity index (χ4n) is 1.36. The number of hydrogen-bond donors (Lipinski definition) is 2. The molecular weight excluding hydrogens is 298 g/mol. The number of aliphatic hydroxyl groups excluding tert-OH is 1. The third-order valence-electron chi connectivity index (χ3n) is 2.34. The maximum Gasteiger partial charge on any atom is 0.220 e. The molecule has 4 nitrogen and oxygen atoms in total. The van der Waals surface area contributed by atoms with E-state index in [2.05, 4.69) is 21.2 Å². The van der Waals surface area contributed by atoms with Gasteiger partial charge >= 0.3 is 0 Å². The molecular formula is C13H16BrNO3. The molecule has 0 fully saturated rings. The van der Waals surface area contributed by atoms with Crippen LogP contribution in [0.15, 0.2) is 28.7 Å². The minimum atomic E-state index is -0.573. The first kappa shape index (κ1) is 14.9. The summed E-state index contributed by atoms with van der Waals surface area (Å²) in [5.41, 5.74) is 0.599. The van der Waals surface area contributed by atoms with Crippen molar-refractivity contribution in [2.75, 3.05) is 6.54 Å². The molecule has 0 spiro atoms. The Morgan fingerprint density at radius 3 is 2.44 bits per heavy atom. The van der Waals surface area contributed by atoms with Gasteiger partial charge in [0.2, 0.25) is 5.91 Å². The summed E-state index contributed by atoms with van der Waals surface area (Å²) in [4.78, 5) is 23.1. The Balaban J connectivity index is 2.37. The van der Waals surface area contributed by atoms with Crippen LogP contribution >= 0.6 is 15.9 Å². The van der Waals surface area contributed by atoms with Crippen molar-refractivity contribution in [3.05, 3.63) is 34.3 Å². The first-order chi connectivity index (χ1) is 8.49. The van der Waals surface area contributed by atoms with E-state index < -0.39 is 6.10 Å². The average molecular weight is 314 g/mol. The molecule has 18 heavy (non-hydrogen) atoms. The number of rotatable bonds is 6. The van der Waals surface area contributed by atoms with E-state index in [0.29, 0.717) is 5.56 Å². The molecule has 1 aromatic rings. The lowest BCUT2D eigenvalue weighted by molar-refractivity contribution is -0.121. The highest BCUT2D eigenvalue weighted by Crippen LogP contribution is 2.12. The van der Waals surface area contributed by atoms with Crippen molar-refractivity contribution in [1.29, 1.82) is 0 Å². The van der Waals surface area contributed by atoms with Gasteiger partial charge in [0.15, 0.2) is 5.78 Å². The molecule has 1 unspecified atom stereocenters. The summed E-state index contributed by atoms with van der Waals surface area (Å²) in [6, 6.07) is 7.03. The van der Waals surface area contributed by atoms with Gasteiger partial charge < -0.3 is 10.4 Å². The maximum atomic E-state index is 11.8. The van der Waals surface area contributed by atoms with Crippen LogP contribution in [0.2, 0.25) is 0 Å². The summed E-state index contributed by atoms with van der Waals surface area (Å²) in [5.74, 6) is -0.281. The lowest BCUT2D eigenvalue weighted by Crippen LogP contribution is -2.30. The molecule has 0 heterocycles. The Kier molecular flexibility index (Phi) is 6.01. The van der Waals surface area contributed by atoms with Gasteiger partial charge in [0.25, 0.3) is 0 Å². The van der Waals surface area contributed by atoms with Gasteiger partial charge in [0, 0.05) is 29.4 Å². The number of hydrogen-bond acceptors (Lipinski definition) is 3. The van der Waals surface area contributed by atoms with E-state index in [1.807, 2.05) is 0 Å². The highest BCUT2D eigenvalue weighted by molar-refractivity contribution is 9.10. The number of carbonyl (C=O) groups excluding carboxylic acids is 2. The standard InChI is InChI=1S/C13H16BrNO3/c1-9(16)8-15-13(18)7-6-12(17)10-2-4-11(14)5-3-10/h2-5,9,16H,6-8H2,1H3,(H,15,18). The highest BCUT2D eigenvalue weighted by atomic mass is 79.9. The van der Waals surface area contributed by atoms with Crippen molar-refractivity contribution in [1.82, 2.24) is 5.32 Å². The molecule has 0 aliphatic rings. The van der Waals surface area contributed by atoms with Crippen LogP contribution in [0.25, 0.3) is 0 Å². The van der Waals surface area contributed by atoms with Crippen LogP contribution in [0.4, 0.5) is 0 Å². The number of nitrogens with one attached hydrogen (secondary N) is 1. The zero-order valence-electron chi connectivity index (χ0n) is 10.1. The minimum absolute atomic E-state index is 0.0605. The van der Waals surface area contributed by atoms with Crippen molar-refractivity contribution >= 4 is 27.6 Å². The molecule has 1 amide bonds. The molecule has 1 aromatic carbocycles. The van der Waals surface area contributed by atoms with Crippen LogP contribution in [0.3, 0.4) is 0 Å². The Morgan fingerprint density at radius 1 is 1.28 bits per heavy atom. The van der Waals surface area contributed by atoms with Crippen molar-refractivity contribution in [3.8, 4) is 0 Å². The van der Waals surface area contributed by atoms with Crippen molar-refractivity contribution < 1.29 is 14.7 Å². The van der Waals surface area contributed by atoms with Crippen LogP contribution in [-0.2, 0) is 4.79 Å². The Labute approximate surface area is 115 Å². The molecule has 1 rings (SSSR count). The minimum Gasteiger partial charge on any atom is -0.392 e. The van der Waals surface area contributed by atoms with E-state index in [1.165, 1.54) is 0 Å². The number of aliphatic hydroxyl groups is 1. The summed E-state index contributed by atoms with van der Waals surface area (Å²) in [6.45, 7) is 1.80. The fourth-order valence-corrected chi connectivity index (χ4v) is 1.62. The molecule has 0 radical (unpaired) electrons. The van der Waals surface area contributed by atoms with Crippen LogP contribution in [0, 0.1) is 0 Å². The average Bonchev–Trinajstić information content (AvgIpc) is 2.34. The van der Waals surface area contributed by atoms with E-state index in [4.69, 9.17) is 5.11 Å². The summed E-state index contributed by atoms with van der Waals surface area (Å²) < 4.78 is 0.911. The van der Waals surface area contributed by atoms with Gasteiger partial charge in [-0.05, 0) is 19.1 Å². The molecule has 0 aliphatic heterocycles. The van der Waals surface area contributed by atoms with Crippen molar-refractivity contribution in [3.63, 3.8) is 0 Å². The predicted octanol–water partition coefficient (Wildman–Crippen LogP) is 1.91. The van der Waals surface area contributed by atoms with Crippen LogP contribution < -0.4 is 5.32 Å². The zero-order valence-corrected chi connectivity index (χ0v) is 11.7. The van der Waals surface area contributed by atoms with Gasteiger partial charge in [-0.2, -0.15) is 0 Å². The van der Waals surface area contributed by atoms with E-state index in [-0.39, 0.29) is 31.1 Å². The number of ketones is 1. The Hall–Kier alpha value is -1.20. The van der Waals surface area contributed by atoms with Gasteiger partial charge in [0.1, 0.15) is 0 Å². The number of Topliss-reactive ketones (excluding diaryl/α,β-unsaturated/α-hetero) is 1. The van der Waals surface area contributed by atoms with Gasteiger partial charge in [0.05, 0.1) is 6.10 Å². The summed E-state index contributed by atoms with van der Waals surface area (Å²) in [5, 5.41) is 11.5. The topological polar surface area (TPSA) is 66.4 Å². The van der Waals surface area contributed by atoms with Gasteiger partial charge in [-0.3, -0.25) is 9.59 Å². The van der Waals surface area contributed by atoms with E-state index in [1.54, 1.807) is 31.2 Å². The Morgan fingerprint density at radius 2 is 1.89 bits per heavy atom. The maximum absolute atomic E-state index is 11.8. The lowest BCUT2D eigenvalue weighted by Gasteiger charge is -2.06. The molecule has 0 saturated carbocycles. The van der Waals surface area contributed by atoms with Crippen molar-refractivity contribution in [2.45, 2.75) is 25.9 Å². The van der Waals surface area contributed by atoms with Gasteiger partial charge in [-0.25, -0.2) is 0 Å². The number of benzene rings is 1. The zero-order chi connectivity index (χ0) is 13.5. The molecule has 0 saturated heterocycles. The summed E-state index contributed by atoms with van der Waals surface area (Å²) >= 11 is 3.29. The molecule has 0 aliphatic carbocycles. The fraction of sp³-hybridized carbons (Fsp3) is 0.385. The molecule has 2 N–H and O–H groups in total. The molecule has 98 valence electrons. The lowest BCUT2D eigenvalue weighted by atomic mass is 10.1. The monoisotopic (exact) mass is 313 g/mol. The van der Waals surface area contributed by atoms with E-state index >= 15 is 0 Å².